The van der Waals surface area contributed by atoms with E-state index in [0.717, 1.165) is 17.5 Å². The molecule has 2 heterocycles. The fraction of sp³-hybridized carbons (Fsp3) is 0.200. The summed E-state index contributed by atoms with van der Waals surface area (Å²) in [5.74, 6) is -0.540. The molecule has 1 saturated heterocycles. The molecule has 4 rings (SSSR count). The average molecular weight is 417 g/mol. The van der Waals surface area contributed by atoms with E-state index in [0.29, 0.717) is 17.1 Å². The number of benzene rings is 2. The number of likely N-dealkylation sites (tertiary alicyclic amines) is 1. The largest absolute Gasteiger partial charge is 0.507 e. The van der Waals surface area contributed by atoms with E-state index in [1.807, 2.05) is 24.3 Å². The van der Waals surface area contributed by atoms with Crippen molar-refractivity contribution in [2.24, 2.45) is 0 Å². The van der Waals surface area contributed by atoms with Crippen LogP contribution in [-0.2, 0) is 22.6 Å². The monoisotopic (exact) mass is 417 g/mol. The van der Waals surface area contributed by atoms with Gasteiger partial charge in [-0.2, -0.15) is 0 Å². The van der Waals surface area contributed by atoms with E-state index in [4.69, 9.17) is 9.15 Å². The Labute approximate surface area is 180 Å². The lowest BCUT2D eigenvalue weighted by Crippen LogP contribution is -2.29. The van der Waals surface area contributed by atoms with Crippen LogP contribution in [0.3, 0.4) is 0 Å². The van der Waals surface area contributed by atoms with Crippen LogP contribution in [0.25, 0.3) is 5.76 Å². The molecule has 1 fully saturated rings. The van der Waals surface area contributed by atoms with Crippen LogP contribution in [0, 0.1) is 0 Å². The van der Waals surface area contributed by atoms with Gasteiger partial charge in [0.2, 0.25) is 0 Å². The minimum atomic E-state index is -0.734. The predicted octanol–water partition coefficient (Wildman–Crippen LogP) is 4.47. The number of Topliss-reactive ketones (excluding diaryl/α,β-unsaturated/α-hetero) is 1. The Hall–Kier alpha value is -3.80. The molecule has 1 amide bonds. The molecule has 0 bridgehead atoms. The number of carbonyl (C=O) groups excluding carboxylic acids is 2. The quantitative estimate of drug-likeness (QED) is 0.364. The van der Waals surface area contributed by atoms with Crippen molar-refractivity contribution in [1.82, 2.24) is 4.90 Å². The molecule has 31 heavy (non-hydrogen) atoms. The summed E-state index contributed by atoms with van der Waals surface area (Å²) in [5, 5.41) is 11.1. The summed E-state index contributed by atoms with van der Waals surface area (Å²) in [7, 11) is 1.52. The second-order valence-corrected chi connectivity index (χ2v) is 7.33. The van der Waals surface area contributed by atoms with Gasteiger partial charge in [-0.1, -0.05) is 43.3 Å². The highest BCUT2D eigenvalue weighted by molar-refractivity contribution is 6.46. The van der Waals surface area contributed by atoms with Crippen LogP contribution in [0.5, 0.6) is 5.75 Å². The van der Waals surface area contributed by atoms with Crippen molar-refractivity contribution >= 4 is 17.4 Å². The van der Waals surface area contributed by atoms with Crippen molar-refractivity contribution in [2.75, 3.05) is 7.11 Å². The maximum absolute atomic E-state index is 13.0. The normalized spacial score (nSPS) is 17.9. The lowest BCUT2D eigenvalue weighted by molar-refractivity contribution is -0.140. The smallest absolute Gasteiger partial charge is 0.296 e. The Balaban J connectivity index is 1.86. The zero-order chi connectivity index (χ0) is 22.0. The van der Waals surface area contributed by atoms with Crippen LogP contribution in [0.2, 0.25) is 0 Å². The highest BCUT2D eigenvalue weighted by Crippen LogP contribution is 2.40. The summed E-state index contributed by atoms with van der Waals surface area (Å²) in [6.07, 6.45) is 2.39. The predicted molar refractivity (Wildman–Crippen MR) is 115 cm³/mol. The summed E-state index contributed by atoms with van der Waals surface area (Å²) >= 11 is 0. The van der Waals surface area contributed by atoms with Crippen molar-refractivity contribution < 1.29 is 23.8 Å². The van der Waals surface area contributed by atoms with Crippen molar-refractivity contribution in [2.45, 2.75) is 25.9 Å². The summed E-state index contributed by atoms with van der Waals surface area (Å²) < 4.78 is 10.6. The summed E-state index contributed by atoms with van der Waals surface area (Å²) in [4.78, 5) is 27.5. The number of ketones is 1. The van der Waals surface area contributed by atoms with Gasteiger partial charge in [-0.25, -0.2) is 0 Å². The Morgan fingerprint density at radius 3 is 2.52 bits per heavy atom. The lowest BCUT2D eigenvalue weighted by atomic mass is 9.94. The second kappa shape index (κ2) is 8.52. The number of aliphatic hydroxyl groups is 1. The summed E-state index contributed by atoms with van der Waals surface area (Å²) in [6.45, 7) is 2.17. The van der Waals surface area contributed by atoms with E-state index in [1.54, 1.807) is 36.4 Å². The van der Waals surface area contributed by atoms with E-state index in [9.17, 15) is 14.7 Å². The van der Waals surface area contributed by atoms with Gasteiger partial charge >= 0.3 is 0 Å². The first kappa shape index (κ1) is 20.5. The SMILES string of the molecule is CCc1ccc(C2/C(=C(\O)c3cccc(OC)c3)C(=O)C(=O)N2Cc2ccco2)cc1. The number of ether oxygens (including phenoxy) is 1. The summed E-state index contributed by atoms with van der Waals surface area (Å²) in [5.41, 5.74) is 2.34. The maximum Gasteiger partial charge on any atom is 0.296 e. The van der Waals surface area contributed by atoms with Gasteiger partial charge in [0.05, 0.1) is 31.5 Å². The van der Waals surface area contributed by atoms with E-state index < -0.39 is 17.7 Å². The van der Waals surface area contributed by atoms with Gasteiger partial charge in [-0.05, 0) is 41.8 Å². The van der Waals surface area contributed by atoms with Crippen molar-refractivity contribution in [3.05, 3.63) is 95.0 Å². The van der Waals surface area contributed by atoms with Crippen molar-refractivity contribution in [3.8, 4) is 5.75 Å². The molecule has 158 valence electrons. The zero-order valence-corrected chi connectivity index (χ0v) is 17.4. The third-order valence-electron chi connectivity index (χ3n) is 5.49. The van der Waals surface area contributed by atoms with Crippen molar-refractivity contribution in [1.29, 1.82) is 0 Å². The first-order valence-corrected chi connectivity index (χ1v) is 10.1. The Kier molecular flexibility index (Phi) is 5.62. The van der Waals surface area contributed by atoms with Gasteiger partial charge in [0.1, 0.15) is 17.3 Å². The van der Waals surface area contributed by atoms with E-state index in [2.05, 4.69) is 6.92 Å². The van der Waals surface area contributed by atoms with E-state index >= 15 is 0 Å². The minimum Gasteiger partial charge on any atom is -0.507 e. The highest BCUT2D eigenvalue weighted by Gasteiger charge is 2.46. The highest BCUT2D eigenvalue weighted by atomic mass is 16.5. The van der Waals surface area contributed by atoms with Crippen LogP contribution in [-0.4, -0.2) is 28.8 Å². The molecule has 1 aliphatic rings. The van der Waals surface area contributed by atoms with Crippen molar-refractivity contribution in [3.63, 3.8) is 0 Å². The molecule has 0 saturated carbocycles. The molecule has 1 aliphatic heterocycles. The fourth-order valence-corrected chi connectivity index (χ4v) is 3.82. The number of aryl methyl sites for hydroxylation is 1. The molecule has 1 N–H and O–H groups in total. The van der Waals surface area contributed by atoms with Crippen LogP contribution in [0.1, 0.15) is 35.4 Å². The van der Waals surface area contributed by atoms with Gasteiger partial charge in [0.25, 0.3) is 11.7 Å². The number of hydrogen-bond acceptors (Lipinski definition) is 5. The Bertz CT molecular complexity index is 1130. The maximum atomic E-state index is 13.0. The molecule has 3 aromatic rings. The van der Waals surface area contributed by atoms with Gasteiger partial charge < -0.3 is 19.2 Å². The number of aliphatic hydroxyl groups excluding tert-OH is 1. The average Bonchev–Trinajstić information content (AvgIpc) is 3.41. The van der Waals surface area contributed by atoms with Crippen LogP contribution >= 0.6 is 0 Å². The molecule has 6 heteroatoms. The van der Waals surface area contributed by atoms with Crippen LogP contribution in [0.4, 0.5) is 0 Å². The Morgan fingerprint density at radius 1 is 1.10 bits per heavy atom. The minimum absolute atomic E-state index is 0.0501. The molecule has 1 unspecified atom stereocenters. The molecular weight excluding hydrogens is 394 g/mol. The van der Waals surface area contributed by atoms with E-state index in [-0.39, 0.29) is 17.9 Å². The van der Waals surface area contributed by atoms with Gasteiger partial charge in [0.15, 0.2) is 0 Å². The number of nitrogens with zero attached hydrogens (tertiary/aromatic N) is 1. The lowest BCUT2D eigenvalue weighted by Gasteiger charge is -2.24. The molecule has 0 spiro atoms. The van der Waals surface area contributed by atoms with Crippen LogP contribution in [0.15, 0.2) is 76.9 Å². The molecule has 0 radical (unpaired) electrons. The Morgan fingerprint density at radius 2 is 1.87 bits per heavy atom. The van der Waals surface area contributed by atoms with E-state index in [1.165, 1.54) is 18.3 Å². The summed E-state index contributed by atoms with van der Waals surface area (Å²) in [6, 6.07) is 17.2. The number of hydrogen-bond donors (Lipinski definition) is 1. The molecular formula is C25H23NO5. The molecule has 6 nitrogen and oxygen atoms in total. The molecule has 1 aromatic heterocycles. The second-order valence-electron chi connectivity index (χ2n) is 7.33. The number of rotatable bonds is 6. The zero-order valence-electron chi connectivity index (χ0n) is 17.4. The molecule has 0 aliphatic carbocycles. The number of furan rings is 1. The third-order valence-corrected chi connectivity index (χ3v) is 5.49. The number of methoxy groups -OCH3 is 1. The standard InChI is InChI=1S/C25H23NO5/c1-3-16-9-11-17(12-10-16)22-21(23(27)18-6-4-7-19(14-18)30-2)24(28)25(29)26(22)15-20-8-5-13-31-20/h4-14,22,27H,3,15H2,1-2H3/b23-21+. The first-order chi connectivity index (χ1) is 15.0. The third kappa shape index (κ3) is 3.84. The van der Waals surface area contributed by atoms with Crippen LogP contribution < -0.4 is 4.74 Å². The van der Waals surface area contributed by atoms with Gasteiger partial charge in [0, 0.05) is 5.56 Å². The van der Waals surface area contributed by atoms with Gasteiger partial charge in [-0.3, -0.25) is 9.59 Å². The van der Waals surface area contributed by atoms with Gasteiger partial charge in [-0.15, -0.1) is 0 Å². The number of carbonyl (C=O) groups is 2. The molecule has 1 atom stereocenters. The fourth-order valence-electron chi connectivity index (χ4n) is 3.82. The molecule has 2 aromatic carbocycles. The first-order valence-electron chi connectivity index (χ1n) is 10.1. The topological polar surface area (TPSA) is 80.0 Å². The number of amides is 1.